The van der Waals surface area contributed by atoms with Crippen LogP contribution in [0.15, 0.2) is 35.0 Å². The summed E-state index contributed by atoms with van der Waals surface area (Å²) < 4.78 is 7.56. The van der Waals surface area contributed by atoms with Crippen molar-refractivity contribution in [1.29, 1.82) is 0 Å². The number of hydrogen-bond acceptors (Lipinski definition) is 6. The fourth-order valence-electron chi connectivity index (χ4n) is 3.35. The Bertz CT molecular complexity index is 792. The van der Waals surface area contributed by atoms with E-state index in [0.717, 1.165) is 37.4 Å². The number of aryl methyl sites for hydroxylation is 1. The van der Waals surface area contributed by atoms with E-state index in [1.165, 1.54) is 0 Å². The van der Waals surface area contributed by atoms with Crippen molar-refractivity contribution >= 4 is 5.65 Å². The van der Waals surface area contributed by atoms with E-state index in [9.17, 15) is 0 Å². The van der Waals surface area contributed by atoms with Crippen molar-refractivity contribution in [3.8, 4) is 0 Å². The molecule has 1 aliphatic rings. The zero-order chi connectivity index (χ0) is 16.5. The Labute approximate surface area is 140 Å². The standard InChI is InChI=1S/C17H22N6O/c1-13-19-20-17(24-13)12-21(2)15-6-8-22(11-15)9-14-10-23-7-4-3-5-16(23)18-14/h3-5,7,10,15H,6,8-9,11-12H2,1-2H3. The summed E-state index contributed by atoms with van der Waals surface area (Å²) in [5.41, 5.74) is 2.13. The summed E-state index contributed by atoms with van der Waals surface area (Å²) in [6.45, 7) is 5.55. The molecule has 3 aromatic rings. The third-order valence-electron chi connectivity index (χ3n) is 4.62. The summed E-state index contributed by atoms with van der Waals surface area (Å²) in [6, 6.07) is 6.59. The molecule has 0 radical (unpaired) electrons. The number of likely N-dealkylation sites (tertiary alicyclic amines) is 1. The normalized spacial score (nSPS) is 18.9. The molecule has 7 nitrogen and oxygen atoms in total. The number of rotatable bonds is 5. The van der Waals surface area contributed by atoms with Gasteiger partial charge in [0.1, 0.15) is 5.65 Å². The van der Waals surface area contributed by atoms with Crippen molar-refractivity contribution in [1.82, 2.24) is 29.4 Å². The Morgan fingerprint density at radius 3 is 3.04 bits per heavy atom. The van der Waals surface area contributed by atoms with Crippen LogP contribution in [0.1, 0.15) is 23.9 Å². The molecule has 7 heteroatoms. The van der Waals surface area contributed by atoms with Crippen LogP contribution in [-0.4, -0.2) is 55.6 Å². The van der Waals surface area contributed by atoms with Crippen LogP contribution in [0.5, 0.6) is 0 Å². The Morgan fingerprint density at radius 2 is 2.25 bits per heavy atom. The summed E-state index contributed by atoms with van der Waals surface area (Å²) in [6.07, 6.45) is 5.31. The highest BCUT2D eigenvalue weighted by Gasteiger charge is 2.27. The molecule has 0 aromatic carbocycles. The second-order valence-corrected chi connectivity index (χ2v) is 6.51. The van der Waals surface area contributed by atoms with Gasteiger partial charge in [0.15, 0.2) is 0 Å². The fourth-order valence-corrected chi connectivity index (χ4v) is 3.35. The van der Waals surface area contributed by atoms with Crippen LogP contribution >= 0.6 is 0 Å². The number of hydrogen-bond donors (Lipinski definition) is 0. The first-order valence-corrected chi connectivity index (χ1v) is 8.31. The quantitative estimate of drug-likeness (QED) is 0.711. The molecule has 24 heavy (non-hydrogen) atoms. The first-order chi connectivity index (χ1) is 11.7. The third-order valence-corrected chi connectivity index (χ3v) is 4.62. The van der Waals surface area contributed by atoms with Gasteiger partial charge in [0.25, 0.3) is 0 Å². The molecule has 0 N–H and O–H groups in total. The molecule has 126 valence electrons. The van der Waals surface area contributed by atoms with E-state index in [-0.39, 0.29) is 0 Å². The second kappa shape index (κ2) is 6.33. The van der Waals surface area contributed by atoms with Gasteiger partial charge in [0, 0.05) is 45.0 Å². The minimum absolute atomic E-state index is 0.509. The maximum Gasteiger partial charge on any atom is 0.230 e. The highest BCUT2D eigenvalue weighted by molar-refractivity contribution is 5.39. The van der Waals surface area contributed by atoms with Crippen LogP contribution in [0.3, 0.4) is 0 Å². The van der Waals surface area contributed by atoms with Crippen molar-refractivity contribution in [2.24, 2.45) is 0 Å². The van der Waals surface area contributed by atoms with Gasteiger partial charge in [-0.3, -0.25) is 9.80 Å². The van der Waals surface area contributed by atoms with Gasteiger partial charge in [0.2, 0.25) is 11.8 Å². The van der Waals surface area contributed by atoms with Crippen LogP contribution in [-0.2, 0) is 13.1 Å². The predicted molar refractivity (Wildman–Crippen MR) is 89.4 cm³/mol. The van der Waals surface area contributed by atoms with Crippen LogP contribution in [0.2, 0.25) is 0 Å². The van der Waals surface area contributed by atoms with Gasteiger partial charge in [0.05, 0.1) is 12.2 Å². The second-order valence-electron chi connectivity index (χ2n) is 6.51. The SMILES string of the molecule is Cc1nnc(CN(C)C2CCN(Cc3cn4ccccc4n3)C2)o1. The van der Waals surface area contributed by atoms with Gasteiger partial charge in [-0.1, -0.05) is 6.07 Å². The average Bonchev–Trinajstić information content (AvgIpc) is 3.27. The zero-order valence-electron chi connectivity index (χ0n) is 14.1. The Kier molecular flexibility index (Phi) is 4.03. The van der Waals surface area contributed by atoms with E-state index >= 15 is 0 Å². The fraction of sp³-hybridized carbons (Fsp3) is 0.471. The lowest BCUT2D eigenvalue weighted by atomic mass is 10.2. The average molecular weight is 326 g/mol. The molecular formula is C17H22N6O. The van der Waals surface area contributed by atoms with E-state index in [0.29, 0.717) is 24.4 Å². The molecule has 1 atom stereocenters. The van der Waals surface area contributed by atoms with Gasteiger partial charge in [-0.15, -0.1) is 10.2 Å². The topological polar surface area (TPSA) is 62.7 Å². The largest absolute Gasteiger partial charge is 0.424 e. The highest BCUT2D eigenvalue weighted by atomic mass is 16.4. The monoisotopic (exact) mass is 326 g/mol. The highest BCUT2D eigenvalue weighted by Crippen LogP contribution is 2.18. The molecule has 0 saturated carbocycles. The third kappa shape index (κ3) is 3.18. The van der Waals surface area contributed by atoms with E-state index < -0.39 is 0 Å². The summed E-state index contributed by atoms with van der Waals surface area (Å²) in [5.74, 6) is 1.31. The van der Waals surface area contributed by atoms with Crippen molar-refractivity contribution in [2.45, 2.75) is 32.5 Å². The van der Waals surface area contributed by atoms with Crippen molar-refractivity contribution in [3.05, 3.63) is 48.1 Å². The smallest absolute Gasteiger partial charge is 0.230 e. The van der Waals surface area contributed by atoms with Gasteiger partial charge in [-0.25, -0.2) is 4.98 Å². The maximum absolute atomic E-state index is 5.48. The minimum atomic E-state index is 0.509. The first kappa shape index (κ1) is 15.3. The number of nitrogens with zero attached hydrogens (tertiary/aromatic N) is 6. The summed E-state index contributed by atoms with van der Waals surface area (Å²) in [4.78, 5) is 9.45. The number of fused-ring (bicyclic) bond motifs is 1. The summed E-state index contributed by atoms with van der Waals surface area (Å²) >= 11 is 0. The molecule has 0 aliphatic carbocycles. The molecule has 1 fully saturated rings. The van der Waals surface area contributed by atoms with Gasteiger partial charge in [-0.05, 0) is 25.6 Å². The molecule has 3 aromatic heterocycles. The van der Waals surface area contributed by atoms with Gasteiger partial charge < -0.3 is 8.82 Å². The molecule has 4 rings (SSSR count). The van der Waals surface area contributed by atoms with Crippen molar-refractivity contribution in [3.63, 3.8) is 0 Å². The maximum atomic E-state index is 5.48. The van der Waals surface area contributed by atoms with Gasteiger partial charge >= 0.3 is 0 Å². The molecule has 0 amide bonds. The number of likely N-dealkylation sites (N-methyl/N-ethyl adjacent to an activating group) is 1. The van der Waals surface area contributed by atoms with E-state index in [4.69, 9.17) is 9.40 Å². The molecule has 1 unspecified atom stereocenters. The Morgan fingerprint density at radius 1 is 1.33 bits per heavy atom. The molecule has 4 heterocycles. The summed E-state index contributed by atoms with van der Waals surface area (Å²) in [7, 11) is 2.12. The van der Waals surface area contributed by atoms with Crippen LogP contribution in [0.25, 0.3) is 5.65 Å². The van der Waals surface area contributed by atoms with E-state index in [2.05, 4.69) is 37.6 Å². The molecule has 0 bridgehead atoms. The van der Waals surface area contributed by atoms with Crippen molar-refractivity contribution < 1.29 is 4.42 Å². The Balaban J connectivity index is 1.35. The predicted octanol–water partition coefficient (Wildman–Crippen LogP) is 1.73. The zero-order valence-corrected chi connectivity index (χ0v) is 14.1. The van der Waals surface area contributed by atoms with Crippen molar-refractivity contribution in [2.75, 3.05) is 20.1 Å². The molecule has 1 aliphatic heterocycles. The number of pyridine rings is 1. The molecular weight excluding hydrogens is 304 g/mol. The lowest BCUT2D eigenvalue weighted by Crippen LogP contribution is -2.34. The lowest BCUT2D eigenvalue weighted by Gasteiger charge is -2.23. The summed E-state index contributed by atoms with van der Waals surface area (Å²) in [5, 5.41) is 7.98. The molecule has 1 saturated heterocycles. The van der Waals surface area contributed by atoms with E-state index in [1.54, 1.807) is 0 Å². The molecule has 0 spiro atoms. The lowest BCUT2D eigenvalue weighted by molar-refractivity contribution is 0.204. The number of aromatic nitrogens is 4. The van der Waals surface area contributed by atoms with Crippen LogP contribution < -0.4 is 0 Å². The van der Waals surface area contributed by atoms with Crippen LogP contribution in [0.4, 0.5) is 0 Å². The minimum Gasteiger partial charge on any atom is -0.424 e. The first-order valence-electron chi connectivity index (χ1n) is 8.31. The number of imidazole rings is 1. The Hall–Kier alpha value is -2.25. The van der Waals surface area contributed by atoms with Gasteiger partial charge in [-0.2, -0.15) is 0 Å². The van der Waals surface area contributed by atoms with E-state index in [1.807, 2.05) is 31.3 Å². The van der Waals surface area contributed by atoms with Crippen LogP contribution in [0, 0.1) is 6.92 Å².